The zero-order valence-corrected chi connectivity index (χ0v) is 10.0. The standard InChI is InChI=1S/C10H15NO2S.H3N/c1-3-11(2)4-8-5-12-9-6-14-7-10(9)13-8;/h6-8H,3-5H2,1-2H3;1H3. The van der Waals surface area contributed by atoms with Crippen molar-refractivity contribution < 1.29 is 9.47 Å². The first-order valence-electron chi connectivity index (χ1n) is 4.83. The summed E-state index contributed by atoms with van der Waals surface area (Å²) in [5.41, 5.74) is 0. The Balaban J connectivity index is 0.00000112. The molecule has 1 atom stereocenters. The molecule has 2 heterocycles. The van der Waals surface area contributed by atoms with Gasteiger partial charge in [0.05, 0.1) is 0 Å². The predicted molar refractivity (Wildman–Crippen MR) is 62.4 cm³/mol. The lowest BCUT2D eigenvalue weighted by Gasteiger charge is -2.27. The molecule has 0 bridgehead atoms. The molecule has 1 aliphatic rings. The van der Waals surface area contributed by atoms with E-state index in [1.165, 1.54) is 0 Å². The summed E-state index contributed by atoms with van der Waals surface area (Å²) >= 11 is 1.62. The minimum absolute atomic E-state index is 0. The zero-order valence-electron chi connectivity index (χ0n) is 9.23. The molecular formula is C10H18N2O2S. The SMILES string of the molecule is CCN(C)CC1COc2cscc2O1.N. The van der Waals surface area contributed by atoms with Crippen molar-refractivity contribution in [2.24, 2.45) is 0 Å². The van der Waals surface area contributed by atoms with E-state index in [4.69, 9.17) is 9.47 Å². The third kappa shape index (κ3) is 2.84. The quantitative estimate of drug-likeness (QED) is 0.863. The molecule has 4 nitrogen and oxygen atoms in total. The Morgan fingerprint density at radius 2 is 2.20 bits per heavy atom. The normalized spacial score (nSPS) is 18.7. The van der Waals surface area contributed by atoms with Crippen molar-refractivity contribution in [2.75, 3.05) is 26.7 Å². The average molecular weight is 230 g/mol. The Morgan fingerprint density at radius 1 is 1.47 bits per heavy atom. The van der Waals surface area contributed by atoms with Crippen LogP contribution in [0.4, 0.5) is 0 Å². The third-order valence-corrected chi connectivity index (χ3v) is 3.07. The lowest BCUT2D eigenvalue weighted by Crippen LogP contribution is -2.39. The second-order valence-electron chi connectivity index (χ2n) is 3.51. The molecule has 0 fully saturated rings. The number of fused-ring (bicyclic) bond motifs is 1. The molecule has 1 unspecified atom stereocenters. The third-order valence-electron chi connectivity index (χ3n) is 2.37. The van der Waals surface area contributed by atoms with Gasteiger partial charge in [-0.25, -0.2) is 0 Å². The Labute approximate surface area is 94.4 Å². The number of likely N-dealkylation sites (N-methyl/N-ethyl adjacent to an activating group) is 1. The van der Waals surface area contributed by atoms with Gasteiger partial charge >= 0.3 is 0 Å². The van der Waals surface area contributed by atoms with Gasteiger partial charge in [-0.2, -0.15) is 0 Å². The fourth-order valence-corrected chi connectivity index (χ4v) is 2.10. The second-order valence-corrected chi connectivity index (χ2v) is 4.25. The molecule has 1 aromatic heterocycles. The minimum Gasteiger partial charge on any atom is -0.485 e. The van der Waals surface area contributed by atoms with E-state index in [-0.39, 0.29) is 12.3 Å². The molecule has 0 saturated carbocycles. The molecule has 0 spiro atoms. The van der Waals surface area contributed by atoms with Gasteiger partial charge in [-0.3, -0.25) is 0 Å². The van der Waals surface area contributed by atoms with E-state index >= 15 is 0 Å². The van der Waals surface area contributed by atoms with Crippen LogP contribution in [0.5, 0.6) is 11.5 Å². The van der Waals surface area contributed by atoms with Crippen molar-refractivity contribution in [1.29, 1.82) is 0 Å². The summed E-state index contributed by atoms with van der Waals surface area (Å²) in [6.45, 7) is 4.76. The van der Waals surface area contributed by atoms with Gasteiger partial charge in [0.25, 0.3) is 0 Å². The minimum atomic E-state index is 0. The van der Waals surface area contributed by atoms with Gasteiger partial charge in [0, 0.05) is 17.3 Å². The predicted octanol–water partition coefficient (Wildman–Crippen LogP) is 2.00. The highest BCUT2D eigenvalue weighted by atomic mass is 32.1. The fraction of sp³-hybridized carbons (Fsp3) is 0.600. The van der Waals surface area contributed by atoms with Crippen LogP contribution in [0.3, 0.4) is 0 Å². The van der Waals surface area contributed by atoms with Gasteiger partial charge in [0.2, 0.25) is 0 Å². The van der Waals surface area contributed by atoms with E-state index < -0.39 is 0 Å². The molecule has 2 rings (SSSR count). The summed E-state index contributed by atoms with van der Waals surface area (Å²) in [6, 6.07) is 0. The summed E-state index contributed by atoms with van der Waals surface area (Å²) in [7, 11) is 2.09. The van der Waals surface area contributed by atoms with Crippen LogP contribution in [0.25, 0.3) is 0 Å². The molecule has 1 aliphatic heterocycles. The topological polar surface area (TPSA) is 56.7 Å². The molecule has 0 aromatic carbocycles. The van der Waals surface area contributed by atoms with Crippen molar-refractivity contribution in [3.05, 3.63) is 10.8 Å². The summed E-state index contributed by atoms with van der Waals surface area (Å²) < 4.78 is 11.4. The lowest BCUT2D eigenvalue weighted by molar-refractivity contribution is 0.0679. The van der Waals surface area contributed by atoms with Crippen LogP contribution in [0.15, 0.2) is 10.8 Å². The van der Waals surface area contributed by atoms with E-state index in [1.54, 1.807) is 11.3 Å². The van der Waals surface area contributed by atoms with Crippen molar-refractivity contribution in [1.82, 2.24) is 11.1 Å². The molecule has 3 N–H and O–H groups in total. The fourth-order valence-electron chi connectivity index (χ4n) is 1.43. The van der Waals surface area contributed by atoms with E-state index in [1.807, 2.05) is 10.8 Å². The maximum atomic E-state index is 5.79. The molecule has 5 heteroatoms. The number of ether oxygens (including phenoxy) is 2. The highest BCUT2D eigenvalue weighted by Crippen LogP contribution is 2.35. The number of hydrogen-bond donors (Lipinski definition) is 1. The van der Waals surface area contributed by atoms with Gasteiger partial charge in [0.1, 0.15) is 12.7 Å². The van der Waals surface area contributed by atoms with Gasteiger partial charge in [-0.15, -0.1) is 11.3 Å². The molecule has 1 aromatic rings. The van der Waals surface area contributed by atoms with Gasteiger partial charge < -0.3 is 20.5 Å². The van der Waals surface area contributed by atoms with E-state index in [0.717, 1.165) is 24.6 Å². The van der Waals surface area contributed by atoms with E-state index in [0.29, 0.717) is 6.61 Å². The van der Waals surface area contributed by atoms with Crippen molar-refractivity contribution in [2.45, 2.75) is 13.0 Å². The van der Waals surface area contributed by atoms with Crippen molar-refractivity contribution >= 4 is 11.3 Å². The van der Waals surface area contributed by atoms with Crippen LogP contribution >= 0.6 is 11.3 Å². The molecule has 86 valence electrons. The lowest BCUT2D eigenvalue weighted by atomic mass is 10.3. The summed E-state index contributed by atoms with van der Waals surface area (Å²) in [5, 5.41) is 3.97. The van der Waals surface area contributed by atoms with Gasteiger partial charge in [-0.1, -0.05) is 6.92 Å². The number of rotatable bonds is 3. The molecule has 15 heavy (non-hydrogen) atoms. The number of nitrogens with zero attached hydrogens (tertiary/aromatic N) is 1. The molecule has 0 radical (unpaired) electrons. The second kappa shape index (κ2) is 5.34. The molecule has 0 aliphatic carbocycles. The number of hydrogen-bond acceptors (Lipinski definition) is 5. The Bertz CT molecular complexity index is 303. The van der Waals surface area contributed by atoms with E-state index in [9.17, 15) is 0 Å². The highest BCUT2D eigenvalue weighted by molar-refractivity contribution is 7.08. The molecule has 0 amide bonds. The van der Waals surface area contributed by atoms with Crippen LogP contribution in [0.1, 0.15) is 6.92 Å². The maximum Gasteiger partial charge on any atom is 0.172 e. The van der Waals surface area contributed by atoms with Crippen molar-refractivity contribution in [3.8, 4) is 11.5 Å². The smallest absolute Gasteiger partial charge is 0.172 e. The number of thiophene rings is 1. The van der Waals surface area contributed by atoms with Crippen LogP contribution in [0.2, 0.25) is 0 Å². The largest absolute Gasteiger partial charge is 0.485 e. The van der Waals surface area contributed by atoms with Crippen LogP contribution in [-0.4, -0.2) is 37.7 Å². The van der Waals surface area contributed by atoms with Gasteiger partial charge in [0.15, 0.2) is 11.5 Å². The first-order valence-corrected chi connectivity index (χ1v) is 5.78. The Morgan fingerprint density at radius 3 is 2.93 bits per heavy atom. The average Bonchev–Trinajstić information content (AvgIpc) is 2.64. The maximum absolute atomic E-state index is 5.79. The first kappa shape index (κ1) is 12.3. The molecular weight excluding hydrogens is 212 g/mol. The first-order chi connectivity index (χ1) is 6.79. The van der Waals surface area contributed by atoms with Crippen molar-refractivity contribution in [3.63, 3.8) is 0 Å². The van der Waals surface area contributed by atoms with E-state index in [2.05, 4.69) is 18.9 Å². The Hall–Kier alpha value is -0.780. The van der Waals surface area contributed by atoms with Crippen LogP contribution in [-0.2, 0) is 0 Å². The highest BCUT2D eigenvalue weighted by Gasteiger charge is 2.22. The Kier molecular flexibility index (Phi) is 4.38. The van der Waals surface area contributed by atoms with Gasteiger partial charge in [-0.05, 0) is 13.6 Å². The van der Waals surface area contributed by atoms with Crippen LogP contribution in [0, 0.1) is 0 Å². The summed E-state index contributed by atoms with van der Waals surface area (Å²) in [4.78, 5) is 2.23. The summed E-state index contributed by atoms with van der Waals surface area (Å²) in [6.07, 6.45) is 0.169. The van der Waals surface area contributed by atoms with Crippen LogP contribution < -0.4 is 15.6 Å². The zero-order chi connectivity index (χ0) is 9.97. The molecule has 0 saturated heterocycles. The monoisotopic (exact) mass is 230 g/mol. The summed E-state index contributed by atoms with van der Waals surface area (Å²) in [5.74, 6) is 1.79.